The highest BCUT2D eigenvalue weighted by Crippen LogP contribution is 2.67. The van der Waals surface area contributed by atoms with Crippen LogP contribution in [0.1, 0.15) is 46.5 Å². The highest BCUT2D eigenvalue weighted by Gasteiger charge is 2.68. The van der Waals surface area contributed by atoms with Gasteiger partial charge in [0.2, 0.25) is 0 Å². The van der Waals surface area contributed by atoms with E-state index in [4.69, 9.17) is 0 Å². The van der Waals surface area contributed by atoms with Gasteiger partial charge in [-0.2, -0.15) is 0 Å². The van der Waals surface area contributed by atoms with E-state index in [0.717, 1.165) is 12.8 Å². The first kappa shape index (κ1) is 20.6. The molecule has 0 amide bonds. The summed E-state index contributed by atoms with van der Waals surface area (Å²) in [5, 5.41) is 57.7. The SMILES string of the molecule is C[C@H]1C[C@@H]2[C@H]([C@@H](O)C[C@@]3(C)[C@H]2CC[C@]3(O)/C(CO)=N/O)[C@@]2(C)C=C/C(=N\O)C=C12. The molecule has 0 spiro atoms. The Bertz CT molecular complexity index is 820. The number of fused-ring (bicyclic) bond motifs is 5. The molecular weight excluding hydrogens is 372 g/mol. The molecule has 5 N–H and O–H groups in total. The number of aliphatic hydroxyl groups is 3. The zero-order valence-electron chi connectivity index (χ0n) is 17.3. The molecule has 4 rings (SSSR count). The van der Waals surface area contributed by atoms with Crippen molar-refractivity contribution in [1.29, 1.82) is 0 Å². The van der Waals surface area contributed by atoms with Crippen molar-refractivity contribution in [1.82, 2.24) is 0 Å². The number of hydrogen-bond acceptors (Lipinski definition) is 7. The first-order chi connectivity index (χ1) is 13.7. The lowest BCUT2D eigenvalue weighted by Gasteiger charge is -2.61. The maximum Gasteiger partial charge on any atom is 0.114 e. The summed E-state index contributed by atoms with van der Waals surface area (Å²) in [7, 11) is 0. The monoisotopic (exact) mass is 404 g/mol. The molecule has 4 aliphatic carbocycles. The van der Waals surface area contributed by atoms with E-state index in [2.05, 4.69) is 30.2 Å². The molecule has 0 aliphatic heterocycles. The zero-order chi connectivity index (χ0) is 21.2. The minimum Gasteiger partial charge on any atom is -0.411 e. The van der Waals surface area contributed by atoms with Crippen LogP contribution in [0.25, 0.3) is 0 Å². The average molecular weight is 405 g/mol. The molecule has 8 atom stereocenters. The maximum atomic E-state index is 11.5. The Balaban J connectivity index is 1.78. The first-order valence-corrected chi connectivity index (χ1v) is 10.5. The molecule has 0 radical (unpaired) electrons. The molecule has 160 valence electrons. The van der Waals surface area contributed by atoms with Crippen LogP contribution in [0.4, 0.5) is 0 Å². The van der Waals surface area contributed by atoms with Gasteiger partial charge in [0.1, 0.15) is 17.0 Å². The van der Waals surface area contributed by atoms with Crippen molar-refractivity contribution in [3.8, 4) is 0 Å². The van der Waals surface area contributed by atoms with E-state index in [1.165, 1.54) is 5.57 Å². The molecule has 0 bridgehead atoms. The number of aliphatic hydroxyl groups excluding tert-OH is 2. The van der Waals surface area contributed by atoms with Gasteiger partial charge in [-0.1, -0.05) is 42.7 Å². The van der Waals surface area contributed by atoms with E-state index in [-0.39, 0.29) is 34.8 Å². The van der Waals surface area contributed by atoms with Gasteiger partial charge in [0.05, 0.1) is 12.7 Å². The first-order valence-electron chi connectivity index (χ1n) is 10.5. The third-order valence-electron chi connectivity index (χ3n) is 8.84. The lowest BCUT2D eigenvalue weighted by Crippen LogP contribution is -2.62. The summed E-state index contributed by atoms with van der Waals surface area (Å²) in [6.45, 7) is 5.78. The van der Waals surface area contributed by atoms with Crippen molar-refractivity contribution in [2.45, 2.75) is 58.2 Å². The van der Waals surface area contributed by atoms with Crippen LogP contribution in [0.3, 0.4) is 0 Å². The van der Waals surface area contributed by atoms with E-state index in [9.17, 15) is 25.7 Å². The number of nitrogens with zero attached hydrogens (tertiary/aromatic N) is 2. The minimum absolute atomic E-state index is 0.00879. The molecule has 7 nitrogen and oxygen atoms in total. The summed E-state index contributed by atoms with van der Waals surface area (Å²) in [6.07, 6.45) is 7.58. The van der Waals surface area contributed by atoms with Crippen molar-refractivity contribution in [3.63, 3.8) is 0 Å². The van der Waals surface area contributed by atoms with Crippen molar-refractivity contribution in [2.75, 3.05) is 6.61 Å². The van der Waals surface area contributed by atoms with Gasteiger partial charge in [0.25, 0.3) is 0 Å². The van der Waals surface area contributed by atoms with E-state index >= 15 is 0 Å². The van der Waals surface area contributed by atoms with Crippen LogP contribution in [0.2, 0.25) is 0 Å². The van der Waals surface area contributed by atoms with E-state index in [0.29, 0.717) is 18.6 Å². The van der Waals surface area contributed by atoms with Crippen molar-refractivity contribution in [2.24, 2.45) is 44.8 Å². The van der Waals surface area contributed by atoms with Crippen LogP contribution < -0.4 is 0 Å². The van der Waals surface area contributed by atoms with Gasteiger partial charge in [-0.15, -0.1) is 0 Å². The molecule has 0 aromatic heterocycles. The molecule has 3 saturated carbocycles. The topological polar surface area (TPSA) is 126 Å². The highest BCUT2D eigenvalue weighted by molar-refractivity contribution is 6.05. The molecule has 0 unspecified atom stereocenters. The van der Waals surface area contributed by atoms with Crippen molar-refractivity contribution < 1.29 is 25.7 Å². The summed E-state index contributed by atoms with van der Waals surface area (Å²) < 4.78 is 0. The Labute approximate surface area is 171 Å². The summed E-state index contributed by atoms with van der Waals surface area (Å²) in [4.78, 5) is 0. The summed E-state index contributed by atoms with van der Waals surface area (Å²) in [5.74, 6) is 0.567. The molecule has 0 aromatic carbocycles. The summed E-state index contributed by atoms with van der Waals surface area (Å²) >= 11 is 0. The Hall–Kier alpha value is -1.70. The average Bonchev–Trinajstić information content (AvgIpc) is 2.93. The van der Waals surface area contributed by atoms with E-state index < -0.39 is 23.7 Å². The van der Waals surface area contributed by atoms with Crippen LogP contribution in [-0.2, 0) is 0 Å². The van der Waals surface area contributed by atoms with Crippen LogP contribution in [0, 0.1) is 34.5 Å². The van der Waals surface area contributed by atoms with Gasteiger partial charge < -0.3 is 25.7 Å². The molecule has 0 heterocycles. The van der Waals surface area contributed by atoms with Crippen LogP contribution >= 0.6 is 0 Å². The van der Waals surface area contributed by atoms with Gasteiger partial charge in [0, 0.05) is 16.7 Å². The Kier molecular flexibility index (Phi) is 4.72. The van der Waals surface area contributed by atoms with Gasteiger partial charge in [-0.25, -0.2) is 0 Å². The van der Waals surface area contributed by atoms with E-state index in [1.54, 1.807) is 0 Å². The smallest absolute Gasteiger partial charge is 0.114 e. The molecule has 29 heavy (non-hydrogen) atoms. The standard InChI is InChI=1S/C22H32N2O5/c1-12-8-14-15-5-7-22(27,18(11-25)24-29)21(15,3)10-17(26)19(14)20(2)6-4-13(23-28)9-16(12)20/h4,6,9,12,14-15,17,19,25-29H,5,7-8,10-11H2,1-3H3/b23-13+,24-18+/t12-,14-,15-,17-,19+,20-,21-,22-/m0/s1. The highest BCUT2D eigenvalue weighted by atomic mass is 16.4. The second-order valence-corrected chi connectivity index (χ2v) is 9.97. The number of oxime groups is 2. The van der Waals surface area contributed by atoms with Crippen LogP contribution in [-0.4, -0.2) is 55.5 Å². The summed E-state index contributed by atoms with van der Waals surface area (Å²) in [6, 6.07) is 0. The second-order valence-electron chi connectivity index (χ2n) is 9.97. The van der Waals surface area contributed by atoms with Gasteiger partial charge in [-0.05, 0) is 55.6 Å². The fourth-order valence-corrected chi connectivity index (χ4v) is 7.55. The predicted molar refractivity (Wildman–Crippen MR) is 108 cm³/mol. The van der Waals surface area contributed by atoms with Gasteiger partial charge in [-0.3, -0.25) is 0 Å². The largest absolute Gasteiger partial charge is 0.411 e. The normalized spacial score (nSPS) is 50.7. The fourth-order valence-electron chi connectivity index (χ4n) is 7.55. The zero-order valence-corrected chi connectivity index (χ0v) is 17.3. The molecule has 4 aliphatic rings. The Morgan fingerprint density at radius 1 is 1.28 bits per heavy atom. The molecule has 3 fully saturated rings. The van der Waals surface area contributed by atoms with Crippen LogP contribution in [0.15, 0.2) is 34.1 Å². The molecule has 0 aromatic rings. The number of allylic oxidation sites excluding steroid dienone is 4. The third-order valence-corrected chi connectivity index (χ3v) is 8.84. The third kappa shape index (κ3) is 2.53. The van der Waals surface area contributed by atoms with Gasteiger partial charge >= 0.3 is 0 Å². The Morgan fingerprint density at radius 3 is 2.62 bits per heavy atom. The van der Waals surface area contributed by atoms with Crippen molar-refractivity contribution >= 4 is 11.4 Å². The molecular formula is C22H32N2O5. The fraction of sp³-hybridized carbons (Fsp3) is 0.727. The summed E-state index contributed by atoms with van der Waals surface area (Å²) in [5.41, 5.74) is -0.747. The minimum atomic E-state index is -1.42. The second kappa shape index (κ2) is 6.65. The predicted octanol–water partition coefficient (Wildman–Crippen LogP) is 2.33. The van der Waals surface area contributed by atoms with Crippen molar-refractivity contribution in [3.05, 3.63) is 23.8 Å². The quantitative estimate of drug-likeness (QED) is 0.274. The van der Waals surface area contributed by atoms with Gasteiger partial charge in [0.15, 0.2) is 0 Å². The Morgan fingerprint density at radius 2 is 2.00 bits per heavy atom. The lowest BCUT2D eigenvalue weighted by atomic mass is 9.44. The van der Waals surface area contributed by atoms with Crippen LogP contribution in [0.5, 0.6) is 0 Å². The lowest BCUT2D eigenvalue weighted by molar-refractivity contribution is -0.148. The molecule has 7 heteroatoms. The van der Waals surface area contributed by atoms with E-state index in [1.807, 2.05) is 19.1 Å². The molecule has 0 saturated heterocycles. The number of rotatable bonds is 2. The maximum absolute atomic E-state index is 11.5. The number of hydrogen-bond donors (Lipinski definition) is 5.